The molecular weight excluding hydrogens is 286 g/mol. The summed E-state index contributed by atoms with van der Waals surface area (Å²) >= 11 is 1.26. The summed E-state index contributed by atoms with van der Waals surface area (Å²) in [5, 5.41) is 10.4. The summed E-state index contributed by atoms with van der Waals surface area (Å²) in [5.74, 6) is -0.963. The minimum Gasteiger partial charge on any atom is -0.478 e. The van der Waals surface area contributed by atoms with E-state index in [0.29, 0.717) is 10.2 Å². The Bertz CT molecular complexity index is 664. The fourth-order valence-corrected chi connectivity index (χ4v) is 2.32. The molecule has 2 rings (SSSR count). The van der Waals surface area contributed by atoms with Crippen molar-refractivity contribution in [1.82, 2.24) is 15.0 Å². The first kappa shape index (κ1) is 15.4. The van der Waals surface area contributed by atoms with Gasteiger partial charge < -0.3 is 5.11 Å². The molecule has 0 saturated carbocycles. The van der Waals surface area contributed by atoms with Crippen molar-refractivity contribution in [2.24, 2.45) is 0 Å². The zero-order chi connectivity index (χ0) is 15.6. The smallest absolute Gasteiger partial charge is 0.335 e. The Balaban J connectivity index is 2.40. The molecule has 2 aromatic rings. The van der Waals surface area contributed by atoms with Gasteiger partial charge in [0.25, 0.3) is 0 Å². The lowest BCUT2D eigenvalue weighted by Gasteiger charge is -2.19. The number of carboxylic acid groups (broad SMARTS) is 1. The minimum absolute atomic E-state index is 0.226. The standard InChI is InChI=1S/C15H17N3O2S/c1-9-7-16-14(17-8-9)21-12-6-10(13(19)20)5-11(18-12)15(2,3)4/h5-8H,1-4H3,(H,19,20). The van der Waals surface area contributed by atoms with Crippen molar-refractivity contribution in [2.45, 2.75) is 43.3 Å². The first-order valence-corrected chi connectivity index (χ1v) is 7.30. The van der Waals surface area contributed by atoms with Gasteiger partial charge in [-0.1, -0.05) is 20.8 Å². The van der Waals surface area contributed by atoms with E-state index in [0.717, 1.165) is 11.3 Å². The van der Waals surface area contributed by atoms with Gasteiger partial charge in [-0.25, -0.2) is 19.7 Å². The molecule has 0 spiro atoms. The maximum atomic E-state index is 11.3. The first-order valence-electron chi connectivity index (χ1n) is 6.48. The summed E-state index contributed by atoms with van der Waals surface area (Å²) in [6.07, 6.45) is 3.45. The summed E-state index contributed by atoms with van der Waals surface area (Å²) in [6.45, 7) is 7.91. The second kappa shape index (κ2) is 5.81. The van der Waals surface area contributed by atoms with Gasteiger partial charge in [-0.2, -0.15) is 0 Å². The number of pyridine rings is 1. The zero-order valence-electron chi connectivity index (χ0n) is 12.4. The molecule has 0 amide bonds. The Morgan fingerprint density at radius 3 is 2.33 bits per heavy atom. The third-order valence-corrected chi connectivity index (χ3v) is 3.58. The molecule has 0 aliphatic rings. The lowest BCUT2D eigenvalue weighted by Crippen LogP contribution is -2.15. The van der Waals surface area contributed by atoms with E-state index < -0.39 is 5.97 Å². The van der Waals surface area contributed by atoms with Gasteiger partial charge in [0.1, 0.15) is 5.03 Å². The van der Waals surface area contributed by atoms with Crippen LogP contribution in [0.4, 0.5) is 0 Å². The van der Waals surface area contributed by atoms with Crippen molar-refractivity contribution in [2.75, 3.05) is 0 Å². The highest BCUT2D eigenvalue weighted by Crippen LogP contribution is 2.28. The van der Waals surface area contributed by atoms with Crippen molar-refractivity contribution in [3.05, 3.63) is 41.3 Å². The number of rotatable bonds is 3. The SMILES string of the molecule is Cc1cnc(Sc2cc(C(=O)O)cc(C(C)(C)C)n2)nc1. The van der Waals surface area contributed by atoms with E-state index >= 15 is 0 Å². The lowest BCUT2D eigenvalue weighted by atomic mass is 9.91. The van der Waals surface area contributed by atoms with E-state index in [1.54, 1.807) is 24.5 Å². The van der Waals surface area contributed by atoms with Crippen LogP contribution >= 0.6 is 11.8 Å². The average Bonchev–Trinajstić information content (AvgIpc) is 2.40. The molecule has 5 nitrogen and oxygen atoms in total. The van der Waals surface area contributed by atoms with Gasteiger partial charge in [0.05, 0.1) is 5.56 Å². The fraction of sp³-hybridized carbons (Fsp3) is 0.333. The summed E-state index contributed by atoms with van der Waals surface area (Å²) in [5.41, 5.74) is 1.71. The van der Waals surface area contributed by atoms with Crippen molar-refractivity contribution in [3.8, 4) is 0 Å². The summed E-state index contributed by atoms with van der Waals surface area (Å²) < 4.78 is 0. The number of hydrogen-bond donors (Lipinski definition) is 1. The van der Waals surface area contributed by atoms with E-state index in [2.05, 4.69) is 15.0 Å². The molecule has 2 aromatic heterocycles. The van der Waals surface area contributed by atoms with Crippen molar-refractivity contribution >= 4 is 17.7 Å². The zero-order valence-corrected chi connectivity index (χ0v) is 13.2. The number of aromatic carboxylic acids is 1. The molecule has 0 aliphatic carbocycles. The van der Waals surface area contributed by atoms with Crippen LogP contribution in [0.25, 0.3) is 0 Å². The van der Waals surface area contributed by atoms with Crippen molar-refractivity contribution in [3.63, 3.8) is 0 Å². The van der Waals surface area contributed by atoms with Crippen LogP contribution in [0.1, 0.15) is 42.4 Å². The quantitative estimate of drug-likeness (QED) is 0.877. The van der Waals surface area contributed by atoms with Crippen LogP contribution in [0.2, 0.25) is 0 Å². The molecule has 110 valence electrons. The molecule has 0 fully saturated rings. The highest BCUT2D eigenvalue weighted by atomic mass is 32.2. The minimum atomic E-state index is -0.963. The molecule has 0 aromatic carbocycles. The number of hydrogen-bond acceptors (Lipinski definition) is 5. The highest BCUT2D eigenvalue weighted by molar-refractivity contribution is 7.99. The molecule has 21 heavy (non-hydrogen) atoms. The molecule has 2 heterocycles. The largest absolute Gasteiger partial charge is 0.478 e. The van der Waals surface area contributed by atoms with Crippen LogP contribution in [0.5, 0.6) is 0 Å². The Hall–Kier alpha value is -1.95. The molecule has 0 saturated heterocycles. The molecule has 0 radical (unpaired) electrons. The molecule has 0 atom stereocenters. The van der Waals surface area contributed by atoms with Crippen LogP contribution in [0.15, 0.2) is 34.7 Å². The second-order valence-electron chi connectivity index (χ2n) is 5.78. The van der Waals surface area contributed by atoms with Gasteiger partial charge in [0, 0.05) is 23.5 Å². The number of carbonyl (C=O) groups is 1. The Labute approximate surface area is 127 Å². The van der Waals surface area contributed by atoms with Crippen molar-refractivity contribution < 1.29 is 9.90 Å². The Kier molecular flexibility index (Phi) is 4.27. The normalized spacial score (nSPS) is 11.4. The second-order valence-corrected chi connectivity index (χ2v) is 6.77. The van der Waals surface area contributed by atoms with Crippen LogP contribution in [-0.4, -0.2) is 26.0 Å². The van der Waals surface area contributed by atoms with Gasteiger partial charge in [-0.05, 0) is 36.4 Å². The third kappa shape index (κ3) is 4.01. The van der Waals surface area contributed by atoms with E-state index in [4.69, 9.17) is 0 Å². The highest BCUT2D eigenvalue weighted by Gasteiger charge is 2.19. The maximum absolute atomic E-state index is 11.3. The number of nitrogens with zero attached hydrogens (tertiary/aromatic N) is 3. The van der Waals surface area contributed by atoms with Gasteiger partial charge >= 0.3 is 5.97 Å². The summed E-state index contributed by atoms with van der Waals surface area (Å²) in [7, 11) is 0. The van der Waals surface area contributed by atoms with Crippen LogP contribution in [0, 0.1) is 6.92 Å². The average molecular weight is 303 g/mol. The van der Waals surface area contributed by atoms with Gasteiger partial charge in [-0.15, -0.1) is 0 Å². The molecule has 1 N–H and O–H groups in total. The molecule has 0 unspecified atom stereocenters. The predicted molar refractivity (Wildman–Crippen MR) is 80.8 cm³/mol. The van der Waals surface area contributed by atoms with Crippen LogP contribution in [-0.2, 0) is 5.41 Å². The monoisotopic (exact) mass is 303 g/mol. The topological polar surface area (TPSA) is 76.0 Å². The Morgan fingerprint density at radius 2 is 1.81 bits per heavy atom. The molecule has 0 aliphatic heterocycles. The summed E-state index contributed by atoms with van der Waals surface area (Å²) in [4.78, 5) is 24.2. The van der Waals surface area contributed by atoms with E-state index in [1.807, 2.05) is 27.7 Å². The lowest BCUT2D eigenvalue weighted by molar-refractivity contribution is 0.0696. The third-order valence-electron chi connectivity index (χ3n) is 2.77. The molecule has 0 bridgehead atoms. The van der Waals surface area contributed by atoms with Crippen LogP contribution < -0.4 is 0 Å². The van der Waals surface area contributed by atoms with Crippen LogP contribution in [0.3, 0.4) is 0 Å². The van der Waals surface area contributed by atoms with E-state index in [-0.39, 0.29) is 11.0 Å². The van der Waals surface area contributed by atoms with Gasteiger partial charge in [0.2, 0.25) is 0 Å². The number of carboxylic acids is 1. The first-order chi connectivity index (χ1) is 9.75. The molecular formula is C15H17N3O2S. The van der Waals surface area contributed by atoms with Gasteiger partial charge in [0.15, 0.2) is 5.16 Å². The van der Waals surface area contributed by atoms with E-state index in [9.17, 15) is 9.90 Å². The maximum Gasteiger partial charge on any atom is 0.335 e. The van der Waals surface area contributed by atoms with Crippen molar-refractivity contribution in [1.29, 1.82) is 0 Å². The fourth-order valence-electron chi connectivity index (χ4n) is 1.59. The van der Waals surface area contributed by atoms with Gasteiger partial charge in [-0.3, -0.25) is 0 Å². The number of aryl methyl sites for hydroxylation is 1. The number of aromatic nitrogens is 3. The molecule has 6 heteroatoms. The Morgan fingerprint density at radius 1 is 1.19 bits per heavy atom. The van der Waals surface area contributed by atoms with E-state index in [1.165, 1.54) is 11.8 Å². The summed E-state index contributed by atoms with van der Waals surface area (Å²) in [6, 6.07) is 3.16. The predicted octanol–water partition coefficient (Wildman–Crippen LogP) is 3.33.